The molecule has 1 aliphatic rings. The number of benzene rings is 2. The fourth-order valence-electron chi connectivity index (χ4n) is 3.56. The van der Waals surface area contributed by atoms with Crippen molar-refractivity contribution < 1.29 is 19.4 Å². The highest BCUT2D eigenvalue weighted by atomic mass is 16.5. The van der Waals surface area contributed by atoms with Crippen LogP contribution in [0.5, 0.6) is 5.75 Å². The Bertz CT molecular complexity index is 1050. The van der Waals surface area contributed by atoms with Crippen LogP contribution in [0, 0.1) is 0 Å². The van der Waals surface area contributed by atoms with Gasteiger partial charge in [-0.2, -0.15) is 0 Å². The van der Waals surface area contributed by atoms with Gasteiger partial charge in [-0.15, -0.1) is 0 Å². The lowest BCUT2D eigenvalue weighted by Crippen LogP contribution is -2.12. The molecule has 142 valence electrons. The van der Waals surface area contributed by atoms with Gasteiger partial charge >= 0.3 is 5.97 Å². The number of nitrogens with one attached hydrogen (secondary N) is 1. The largest absolute Gasteiger partial charge is 0.497 e. The van der Waals surface area contributed by atoms with E-state index < -0.39 is 5.97 Å². The van der Waals surface area contributed by atoms with Crippen molar-refractivity contribution in [3.63, 3.8) is 0 Å². The van der Waals surface area contributed by atoms with Gasteiger partial charge in [0.25, 0.3) is 5.91 Å². The van der Waals surface area contributed by atoms with E-state index in [0.29, 0.717) is 18.5 Å². The van der Waals surface area contributed by atoms with Gasteiger partial charge in [0.1, 0.15) is 5.75 Å². The number of carboxylic acids is 1. The van der Waals surface area contributed by atoms with Crippen molar-refractivity contribution in [3.8, 4) is 22.7 Å². The number of aromatic nitrogens is 1. The van der Waals surface area contributed by atoms with Crippen LogP contribution in [0.15, 0.2) is 54.6 Å². The molecule has 1 amide bonds. The summed E-state index contributed by atoms with van der Waals surface area (Å²) in [7, 11) is 1.63. The van der Waals surface area contributed by atoms with E-state index in [1.807, 2.05) is 54.6 Å². The predicted octanol–water partition coefficient (Wildman–Crippen LogP) is 3.41. The Morgan fingerprint density at radius 2 is 1.93 bits per heavy atom. The highest BCUT2D eigenvalue weighted by molar-refractivity contribution is 5.98. The zero-order chi connectivity index (χ0) is 19.7. The molecule has 6 nitrogen and oxygen atoms in total. The molecule has 0 saturated carbocycles. The van der Waals surface area contributed by atoms with Crippen molar-refractivity contribution in [2.24, 2.45) is 0 Å². The normalized spacial score (nSPS) is 12.5. The number of hydrogen-bond donors (Lipinski definition) is 2. The predicted molar refractivity (Wildman–Crippen MR) is 105 cm³/mol. The maximum absolute atomic E-state index is 11.9. The van der Waals surface area contributed by atoms with Gasteiger partial charge in [0, 0.05) is 23.5 Å². The Morgan fingerprint density at radius 3 is 2.64 bits per heavy atom. The number of hydrogen-bond acceptors (Lipinski definition) is 3. The molecule has 0 spiro atoms. The first-order chi connectivity index (χ1) is 13.6. The Balaban J connectivity index is 1.81. The van der Waals surface area contributed by atoms with Crippen LogP contribution in [0.1, 0.15) is 28.0 Å². The summed E-state index contributed by atoms with van der Waals surface area (Å²) in [5.74, 6) is -0.117. The third-order valence-electron chi connectivity index (χ3n) is 4.97. The van der Waals surface area contributed by atoms with Gasteiger partial charge in [-0.25, -0.2) is 0 Å². The fourth-order valence-corrected chi connectivity index (χ4v) is 3.56. The summed E-state index contributed by atoms with van der Waals surface area (Å²) in [4.78, 5) is 22.9. The lowest BCUT2D eigenvalue weighted by atomic mass is 10.1. The van der Waals surface area contributed by atoms with Gasteiger partial charge in [-0.3, -0.25) is 9.59 Å². The molecule has 1 aromatic heterocycles. The number of carboxylic acid groups (broad SMARTS) is 1. The first-order valence-corrected chi connectivity index (χ1v) is 9.05. The van der Waals surface area contributed by atoms with Crippen molar-refractivity contribution in [3.05, 3.63) is 71.4 Å². The molecule has 2 aromatic carbocycles. The Hall–Kier alpha value is -3.54. The zero-order valence-electron chi connectivity index (χ0n) is 15.4. The van der Waals surface area contributed by atoms with Crippen molar-refractivity contribution in [1.29, 1.82) is 0 Å². The van der Waals surface area contributed by atoms with Crippen LogP contribution in [0.2, 0.25) is 0 Å². The van der Waals surface area contributed by atoms with Gasteiger partial charge < -0.3 is 19.7 Å². The lowest BCUT2D eigenvalue weighted by molar-refractivity contribution is -0.136. The minimum absolute atomic E-state index is 0.0526. The van der Waals surface area contributed by atoms with Crippen molar-refractivity contribution in [2.75, 3.05) is 7.11 Å². The van der Waals surface area contributed by atoms with Crippen molar-refractivity contribution in [1.82, 2.24) is 9.88 Å². The number of ether oxygens (including phenoxy) is 1. The molecule has 3 aromatic rings. The quantitative estimate of drug-likeness (QED) is 0.691. The molecular weight excluding hydrogens is 356 g/mol. The summed E-state index contributed by atoms with van der Waals surface area (Å²) in [5.41, 5.74) is 5.41. The minimum Gasteiger partial charge on any atom is -0.497 e. The third-order valence-corrected chi connectivity index (χ3v) is 4.97. The van der Waals surface area contributed by atoms with Crippen LogP contribution in [0.4, 0.5) is 0 Å². The Kier molecular flexibility index (Phi) is 4.61. The summed E-state index contributed by atoms with van der Waals surface area (Å²) in [6, 6.07) is 17.4. The molecule has 4 rings (SSSR count). The van der Waals surface area contributed by atoms with E-state index in [-0.39, 0.29) is 12.3 Å². The SMILES string of the molecule is COc1ccc(-c2ccc(CCC(=O)O)n2-c2ccc3c(c2)CNC3=O)cc1. The number of carbonyl (C=O) groups excluding carboxylic acids is 1. The van der Waals surface area contributed by atoms with E-state index in [0.717, 1.165) is 34.0 Å². The number of aliphatic carboxylic acids is 1. The molecule has 2 heterocycles. The van der Waals surface area contributed by atoms with Crippen molar-refractivity contribution >= 4 is 11.9 Å². The van der Waals surface area contributed by atoms with Crippen LogP contribution in [0.3, 0.4) is 0 Å². The number of aryl methyl sites for hydroxylation is 1. The lowest BCUT2D eigenvalue weighted by Gasteiger charge is -2.15. The molecule has 0 aliphatic carbocycles. The maximum atomic E-state index is 11.9. The van der Waals surface area contributed by atoms with E-state index in [2.05, 4.69) is 9.88 Å². The van der Waals surface area contributed by atoms with Crippen LogP contribution in [-0.2, 0) is 17.8 Å². The highest BCUT2D eigenvalue weighted by Crippen LogP contribution is 2.30. The molecule has 6 heteroatoms. The number of carbonyl (C=O) groups is 2. The van der Waals surface area contributed by atoms with Crippen LogP contribution in [0.25, 0.3) is 16.9 Å². The maximum Gasteiger partial charge on any atom is 0.303 e. The average Bonchev–Trinajstić information content (AvgIpc) is 3.30. The molecule has 0 unspecified atom stereocenters. The molecule has 0 saturated heterocycles. The monoisotopic (exact) mass is 376 g/mol. The highest BCUT2D eigenvalue weighted by Gasteiger charge is 2.20. The summed E-state index contributed by atoms with van der Waals surface area (Å²) >= 11 is 0. The first-order valence-electron chi connectivity index (χ1n) is 9.05. The minimum atomic E-state index is -0.831. The summed E-state index contributed by atoms with van der Waals surface area (Å²) in [5, 5.41) is 11.9. The Labute approximate surface area is 162 Å². The Morgan fingerprint density at radius 1 is 1.14 bits per heavy atom. The van der Waals surface area contributed by atoms with Gasteiger partial charge in [0.15, 0.2) is 0 Å². The number of amides is 1. The van der Waals surface area contributed by atoms with Crippen molar-refractivity contribution in [2.45, 2.75) is 19.4 Å². The van der Waals surface area contributed by atoms with E-state index in [9.17, 15) is 9.59 Å². The molecule has 0 bridgehead atoms. The second-order valence-corrected chi connectivity index (χ2v) is 6.69. The zero-order valence-corrected chi connectivity index (χ0v) is 15.4. The van der Waals surface area contributed by atoms with Gasteiger partial charge in [-0.05, 0) is 72.1 Å². The number of nitrogens with zero attached hydrogens (tertiary/aromatic N) is 1. The van der Waals surface area contributed by atoms with Crippen LogP contribution < -0.4 is 10.1 Å². The molecule has 1 aliphatic heterocycles. The number of rotatable bonds is 6. The second-order valence-electron chi connectivity index (χ2n) is 6.69. The molecular formula is C22H20N2O4. The third kappa shape index (κ3) is 3.24. The van der Waals surface area contributed by atoms with E-state index in [4.69, 9.17) is 9.84 Å². The van der Waals surface area contributed by atoms with Crippen LogP contribution >= 0.6 is 0 Å². The van der Waals surface area contributed by atoms with Gasteiger partial charge in [0.05, 0.1) is 19.2 Å². The molecule has 0 fully saturated rings. The van der Waals surface area contributed by atoms with Gasteiger partial charge in [-0.1, -0.05) is 0 Å². The summed E-state index contributed by atoms with van der Waals surface area (Å²) in [6.07, 6.45) is 0.469. The van der Waals surface area contributed by atoms with E-state index in [1.165, 1.54) is 0 Å². The summed E-state index contributed by atoms with van der Waals surface area (Å²) < 4.78 is 7.30. The van der Waals surface area contributed by atoms with E-state index in [1.54, 1.807) is 7.11 Å². The van der Waals surface area contributed by atoms with Crippen LogP contribution in [-0.4, -0.2) is 28.7 Å². The smallest absolute Gasteiger partial charge is 0.303 e. The summed E-state index contributed by atoms with van der Waals surface area (Å²) in [6.45, 7) is 0.506. The molecule has 0 atom stereocenters. The molecule has 0 radical (unpaired) electrons. The standard InChI is InChI=1S/C22H20N2O4/c1-28-18-7-2-14(3-8-18)20-10-5-16(6-11-21(25)26)24(20)17-4-9-19-15(12-17)13-23-22(19)27/h2-5,7-10,12H,6,11,13H2,1H3,(H,23,27)(H,25,26). The van der Waals surface area contributed by atoms with Gasteiger partial charge in [0.2, 0.25) is 0 Å². The van der Waals surface area contributed by atoms with E-state index >= 15 is 0 Å². The number of methoxy groups -OCH3 is 1. The fraction of sp³-hybridized carbons (Fsp3) is 0.182. The molecule has 2 N–H and O–H groups in total. The topological polar surface area (TPSA) is 80.6 Å². The first kappa shape index (κ1) is 17.9. The molecule has 28 heavy (non-hydrogen) atoms. The number of fused-ring (bicyclic) bond motifs is 1. The second kappa shape index (κ2) is 7.23. The average molecular weight is 376 g/mol.